The fraction of sp³-hybridized carbons (Fsp3) is 0.467. The number of nitrogens with one attached hydrogen (secondary N) is 2. The lowest BCUT2D eigenvalue weighted by atomic mass is 10.1. The predicted octanol–water partition coefficient (Wildman–Crippen LogP) is 1.16. The number of hydrogen-bond donors (Lipinski definition) is 2. The van der Waals surface area contributed by atoms with Crippen molar-refractivity contribution in [2.45, 2.75) is 31.8 Å². The molecule has 0 aliphatic heterocycles. The van der Waals surface area contributed by atoms with Gasteiger partial charge in [-0.05, 0) is 37.5 Å². The molecule has 2 N–H and O–H groups in total. The third kappa shape index (κ3) is 3.87. The van der Waals surface area contributed by atoms with Gasteiger partial charge < -0.3 is 20.1 Å². The second-order valence-electron chi connectivity index (χ2n) is 5.06. The van der Waals surface area contributed by atoms with Crippen LogP contribution in [0.5, 0.6) is 11.5 Å². The number of benzene rings is 1. The van der Waals surface area contributed by atoms with E-state index in [1.807, 2.05) is 13.0 Å². The number of methoxy groups -OCH3 is 2. The van der Waals surface area contributed by atoms with E-state index in [-0.39, 0.29) is 12.1 Å². The summed E-state index contributed by atoms with van der Waals surface area (Å²) in [6, 6.07) is 5.23. The molecular weight excluding hydrogens is 272 g/mol. The molecule has 0 saturated heterocycles. The predicted molar refractivity (Wildman–Crippen MR) is 77.3 cm³/mol. The molecule has 1 aromatic rings. The number of amides is 2. The van der Waals surface area contributed by atoms with Gasteiger partial charge in [-0.3, -0.25) is 9.59 Å². The van der Waals surface area contributed by atoms with Crippen LogP contribution in [-0.2, 0) is 9.59 Å². The van der Waals surface area contributed by atoms with Gasteiger partial charge in [-0.1, -0.05) is 6.07 Å². The van der Waals surface area contributed by atoms with Crippen molar-refractivity contribution < 1.29 is 19.1 Å². The van der Waals surface area contributed by atoms with Gasteiger partial charge in [0.05, 0.1) is 20.3 Å². The Hall–Kier alpha value is -2.24. The molecule has 2 rings (SSSR count). The molecule has 1 aromatic carbocycles. The van der Waals surface area contributed by atoms with Gasteiger partial charge in [-0.2, -0.15) is 0 Å². The molecule has 114 valence electrons. The zero-order chi connectivity index (χ0) is 15.4. The van der Waals surface area contributed by atoms with Crippen molar-refractivity contribution in [1.29, 1.82) is 0 Å². The van der Waals surface area contributed by atoms with Crippen LogP contribution in [0.25, 0.3) is 0 Å². The molecule has 0 bridgehead atoms. The van der Waals surface area contributed by atoms with Crippen molar-refractivity contribution in [3.05, 3.63) is 23.8 Å². The molecule has 0 radical (unpaired) electrons. The van der Waals surface area contributed by atoms with Crippen LogP contribution in [0.1, 0.15) is 31.4 Å². The van der Waals surface area contributed by atoms with Crippen molar-refractivity contribution in [3.63, 3.8) is 0 Å². The summed E-state index contributed by atoms with van der Waals surface area (Å²) in [6.07, 6.45) is 1.90. The lowest BCUT2D eigenvalue weighted by Gasteiger charge is -2.16. The van der Waals surface area contributed by atoms with Gasteiger partial charge in [0.1, 0.15) is 0 Å². The maximum atomic E-state index is 11.8. The van der Waals surface area contributed by atoms with Gasteiger partial charge in [-0.25, -0.2) is 0 Å². The highest BCUT2D eigenvalue weighted by molar-refractivity contribution is 6.35. The average Bonchev–Trinajstić information content (AvgIpc) is 3.30. The van der Waals surface area contributed by atoms with Crippen molar-refractivity contribution in [2.75, 3.05) is 14.2 Å². The molecule has 0 spiro atoms. The SMILES string of the molecule is COc1ccc(C(C)NC(=O)C(=O)NC2CC2)cc1OC. The van der Waals surface area contributed by atoms with E-state index in [0.717, 1.165) is 18.4 Å². The smallest absolute Gasteiger partial charge is 0.309 e. The van der Waals surface area contributed by atoms with Gasteiger partial charge in [-0.15, -0.1) is 0 Å². The highest BCUT2D eigenvalue weighted by atomic mass is 16.5. The van der Waals surface area contributed by atoms with Crippen molar-refractivity contribution in [1.82, 2.24) is 10.6 Å². The molecule has 0 heterocycles. The molecule has 1 aliphatic carbocycles. The summed E-state index contributed by atoms with van der Waals surface area (Å²) in [5.41, 5.74) is 0.834. The zero-order valence-electron chi connectivity index (χ0n) is 12.4. The third-order valence-electron chi connectivity index (χ3n) is 3.37. The van der Waals surface area contributed by atoms with Gasteiger partial charge in [0.15, 0.2) is 11.5 Å². The minimum Gasteiger partial charge on any atom is -0.493 e. The number of ether oxygens (including phenoxy) is 2. The number of rotatable bonds is 5. The maximum absolute atomic E-state index is 11.8. The van der Waals surface area contributed by atoms with E-state index >= 15 is 0 Å². The van der Waals surface area contributed by atoms with E-state index in [4.69, 9.17) is 9.47 Å². The Kier molecular flexibility index (Phi) is 4.67. The Bertz CT molecular complexity index is 540. The van der Waals surface area contributed by atoms with Crippen LogP contribution in [-0.4, -0.2) is 32.1 Å². The first-order valence-corrected chi connectivity index (χ1v) is 6.88. The summed E-state index contributed by atoms with van der Waals surface area (Å²) in [5, 5.41) is 5.33. The van der Waals surface area contributed by atoms with E-state index in [0.29, 0.717) is 11.5 Å². The Morgan fingerprint density at radius 1 is 1.14 bits per heavy atom. The van der Waals surface area contributed by atoms with Gasteiger partial charge in [0.2, 0.25) is 0 Å². The third-order valence-corrected chi connectivity index (χ3v) is 3.37. The first kappa shape index (κ1) is 15.2. The second kappa shape index (κ2) is 6.47. The first-order chi connectivity index (χ1) is 10.0. The standard InChI is InChI=1S/C15H20N2O4/c1-9(16-14(18)15(19)17-11-5-6-11)10-4-7-12(20-2)13(8-10)21-3/h4,7-9,11H,5-6H2,1-3H3,(H,16,18)(H,17,19). The normalized spacial score (nSPS) is 15.0. The minimum absolute atomic E-state index is 0.166. The molecule has 0 aromatic heterocycles. The summed E-state index contributed by atoms with van der Waals surface area (Å²) in [5.74, 6) is -0.00112. The van der Waals surface area contributed by atoms with Crippen molar-refractivity contribution >= 4 is 11.8 Å². The van der Waals surface area contributed by atoms with E-state index in [9.17, 15) is 9.59 Å². The quantitative estimate of drug-likeness (QED) is 0.798. The van der Waals surface area contributed by atoms with Crippen LogP contribution in [0, 0.1) is 0 Å². The summed E-state index contributed by atoms with van der Waals surface area (Å²) in [6.45, 7) is 1.81. The molecule has 1 unspecified atom stereocenters. The highest BCUT2D eigenvalue weighted by Gasteiger charge is 2.27. The van der Waals surface area contributed by atoms with E-state index in [1.165, 1.54) is 0 Å². The van der Waals surface area contributed by atoms with Crippen LogP contribution >= 0.6 is 0 Å². The lowest BCUT2D eigenvalue weighted by molar-refractivity contribution is -0.139. The average molecular weight is 292 g/mol. The minimum atomic E-state index is -0.621. The number of carbonyl (C=O) groups excluding carboxylic acids is 2. The van der Waals surface area contributed by atoms with Gasteiger partial charge in [0, 0.05) is 6.04 Å². The Balaban J connectivity index is 2.00. The van der Waals surface area contributed by atoms with Crippen LogP contribution in [0.4, 0.5) is 0 Å². The summed E-state index contributed by atoms with van der Waals surface area (Å²) < 4.78 is 10.4. The molecule has 6 nitrogen and oxygen atoms in total. The highest BCUT2D eigenvalue weighted by Crippen LogP contribution is 2.29. The monoisotopic (exact) mass is 292 g/mol. The molecule has 21 heavy (non-hydrogen) atoms. The summed E-state index contributed by atoms with van der Waals surface area (Å²) >= 11 is 0. The van der Waals surface area contributed by atoms with E-state index in [2.05, 4.69) is 10.6 Å². The van der Waals surface area contributed by atoms with Gasteiger partial charge in [0.25, 0.3) is 0 Å². The summed E-state index contributed by atoms with van der Waals surface area (Å²) in [7, 11) is 3.11. The molecule has 6 heteroatoms. The molecule has 2 amide bonds. The van der Waals surface area contributed by atoms with Crippen LogP contribution in [0.3, 0.4) is 0 Å². The number of hydrogen-bond acceptors (Lipinski definition) is 4. The molecule has 1 aliphatic rings. The van der Waals surface area contributed by atoms with E-state index < -0.39 is 11.8 Å². The van der Waals surface area contributed by atoms with Crippen LogP contribution in [0.15, 0.2) is 18.2 Å². The topological polar surface area (TPSA) is 76.7 Å². The Labute approximate surface area is 123 Å². The fourth-order valence-corrected chi connectivity index (χ4v) is 1.95. The molecule has 1 fully saturated rings. The lowest BCUT2D eigenvalue weighted by Crippen LogP contribution is -2.41. The fourth-order valence-electron chi connectivity index (χ4n) is 1.95. The first-order valence-electron chi connectivity index (χ1n) is 6.88. The van der Waals surface area contributed by atoms with Gasteiger partial charge >= 0.3 is 11.8 Å². The maximum Gasteiger partial charge on any atom is 0.309 e. The van der Waals surface area contributed by atoms with Crippen molar-refractivity contribution in [3.8, 4) is 11.5 Å². The largest absolute Gasteiger partial charge is 0.493 e. The molecule has 1 atom stereocenters. The zero-order valence-corrected chi connectivity index (χ0v) is 12.4. The van der Waals surface area contributed by atoms with Crippen LogP contribution in [0.2, 0.25) is 0 Å². The van der Waals surface area contributed by atoms with E-state index in [1.54, 1.807) is 26.4 Å². The molecule has 1 saturated carbocycles. The van der Waals surface area contributed by atoms with Crippen LogP contribution < -0.4 is 20.1 Å². The second-order valence-corrected chi connectivity index (χ2v) is 5.06. The Morgan fingerprint density at radius 3 is 2.38 bits per heavy atom. The summed E-state index contributed by atoms with van der Waals surface area (Å²) in [4.78, 5) is 23.4. The number of carbonyl (C=O) groups is 2. The van der Waals surface area contributed by atoms with Crippen molar-refractivity contribution in [2.24, 2.45) is 0 Å². The Morgan fingerprint density at radius 2 is 1.81 bits per heavy atom. The molecular formula is C15H20N2O4.